The molecule has 2 aromatic rings. The number of anilines is 1. The lowest BCUT2D eigenvalue weighted by molar-refractivity contribution is -0.117. The van der Waals surface area contributed by atoms with Crippen LogP contribution >= 0.6 is 0 Å². The molecule has 1 N–H and O–H groups in total. The summed E-state index contributed by atoms with van der Waals surface area (Å²) in [4.78, 5) is 13.9. The van der Waals surface area contributed by atoms with Gasteiger partial charge in [-0.1, -0.05) is 18.2 Å². The van der Waals surface area contributed by atoms with E-state index in [0.29, 0.717) is 13.2 Å². The predicted molar refractivity (Wildman–Crippen MR) is 101 cm³/mol. The first-order valence-electron chi connectivity index (χ1n) is 8.57. The fourth-order valence-electron chi connectivity index (χ4n) is 2.62. The number of alkyl halides is 2. The summed E-state index contributed by atoms with van der Waals surface area (Å²) in [6, 6.07) is 12.1. The van der Waals surface area contributed by atoms with E-state index in [1.54, 1.807) is 24.1 Å². The summed E-state index contributed by atoms with van der Waals surface area (Å²) in [6.45, 7) is 2.12. The van der Waals surface area contributed by atoms with Crippen molar-refractivity contribution in [2.24, 2.45) is 0 Å². The van der Waals surface area contributed by atoms with Gasteiger partial charge in [-0.05, 0) is 56.3 Å². The minimum Gasteiger partial charge on any atom is -0.492 e. The van der Waals surface area contributed by atoms with Gasteiger partial charge in [0.15, 0.2) is 0 Å². The van der Waals surface area contributed by atoms with E-state index in [9.17, 15) is 13.6 Å². The Bertz CT molecular complexity index is 748. The molecule has 0 heterocycles. The number of halogens is 2. The van der Waals surface area contributed by atoms with Crippen LogP contribution in [-0.4, -0.2) is 44.2 Å². The number of carbonyl (C=O) groups excluding carboxylic acids is 1. The van der Waals surface area contributed by atoms with E-state index in [1.807, 2.05) is 26.0 Å². The zero-order chi connectivity index (χ0) is 19.8. The Balaban J connectivity index is 1.80. The molecular weight excluding hydrogens is 354 g/mol. The molecule has 7 heteroatoms. The van der Waals surface area contributed by atoms with Gasteiger partial charge in [-0.15, -0.1) is 0 Å². The SMILES string of the molecule is Cc1cc(C)cc(OCCN(C)CC(=O)Nc2ccccc2OC(F)F)c1. The largest absolute Gasteiger partial charge is 0.492 e. The van der Waals surface area contributed by atoms with Gasteiger partial charge in [0.05, 0.1) is 12.2 Å². The van der Waals surface area contributed by atoms with Crippen molar-refractivity contribution in [3.8, 4) is 11.5 Å². The molecule has 146 valence electrons. The Labute approximate surface area is 157 Å². The van der Waals surface area contributed by atoms with Crippen molar-refractivity contribution in [3.63, 3.8) is 0 Å². The number of nitrogens with one attached hydrogen (secondary N) is 1. The first-order valence-corrected chi connectivity index (χ1v) is 8.57. The van der Waals surface area contributed by atoms with Crippen LogP contribution in [0.1, 0.15) is 11.1 Å². The molecule has 0 bridgehead atoms. The highest BCUT2D eigenvalue weighted by molar-refractivity contribution is 5.93. The Kier molecular flexibility index (Phi) is 7.55. The van der Waals surface area contributed by atoms with Crippen molar-refractivity contribution in [2.45, 2.75) is 20.5 Å². The van der Waals surface area contributed by atoms with Crippen molar-refractivity contribution in [1.82, 2.24) is 4.90 Å². The molecule has 0 aromatic heterocycles. The topological polar surface area (TPSA) is 50.8 Å². The third-order valence-corrected chi connectivity index (χ3v) is 3.73. The zero-order valence-corrected chi connectivity index (χ0v) is 15.7. The standard InChI is InChI=1S/C20H24F2N2O3/c1-14-10-15(2)12-16(11-14)26-9-8-24(3)13-19(25)23-17-6-4-5-7-18(17)27-20(21)22/h4-7,10-12,20H,8-9,13H2,1-3H3,(H,23,25). The minimum atomic E-state index is -2.95. The number of nitrogens with zero attached hydrogens (tertiary/aromatic N) is 1. The maximum absolute atomic E-state index is 12.4. The van der Waals surface area contributed by atoms with Gasteiger partial charge < -0.3 is 14.8 Å². The second kappa shape index (κ2) is 9.87. The second-order valence-corrected chi connectivity index (χ2v) is 6.33. The average molecular weight is 378 g/mol. The number of para-hydroxylation sites is 2. The van der Waals surface area contributed by atoms with Crippen molar-refractivity contribution in [1.29, 1.82) is 0 Å². The highest BCUT2D eigenvalue weighted by atomic mass is 19.3. The lowest BCUT2D eigenvalue weighted by Gasteiger charge is -2.18. The normalized spacial score (nSPS) is 10.9. The van der Waals surface area contributed by atoms with Gasteiger partial charge in [-0.25, -0.2) is 0 Å². The van der Waals surface area contributed by atoms with Crippen molar-refractivity contribution >= 4 is 11.6 Å². The van der Waals surface area contributed by atoms with Crippen molar-refractivity contribution < 1.29 is 23.0 Å². The number of aryl methyl sites for hydroxylation is 2. The number of benzene rings is 2. The Hall–Kier alpha value is -2.67. The van der Waals surface area contributed by atoms with Crippen LogP contribution in [0.15, 0.2) is 42.5 Å². The third-order valence-electron chi connectivity index (χ3n) is 3.73. The van der Waals surface area contributed by atoms with Gasteiger partial charge in [0.1, 0.15) is 18.1 Å². The van der Waals surface area contributed by atoms with E-state index in [1.165, 1.54) is 12.1 Å². The molecule has 5 nitrogen and oxygen atoms in total. The quantitative estimate of drug-likeness (QED) is 0.720. The van der Waals surface area contributed by atoms with Crippen LogP contribution in [0.25, 0.3) is 0 Å². The maximum atomic E-state index is 12.4. The fourth-order valence-corrected chi connectivity index (χ4v) is 2.62. The summed E-state index contributed by atoms with van der Waals surface area (Å²) in [5, 5.41) is 2.59. The van der Waals surface area contributed by atoms with Crippen LogP contribution in [0.3, 0.4) is 0 Å². The zero-order valence-electron chi connectivity index (χ0n) is 15.7. The smallest absolute Gasteiger partial charge is 0.387 e. The molecular formula is C20H24F2N2O3. The first-order chi connectivity index (χ1) is 12.8. The molecule has 0 spiro atoms. The summed E-state index contributed by atoms with van der Waals surface area (Å²) in [5.41, 5.74) is 2.47. The number of rotatable bonds is 9. The van der Waals surface area contributed by atoms with Gasteiger partial charge in [-0.2, -0.15) is 8.78 Å². The van der Waals surface area contributed by atoms with E-state index in [0.717, 1.165) is 16.9 Å². The molecule has 0 unspecified atom stereocenters. The van der Waals surface area contributed by atoms with E-state index in [2.05, 4.69) is 16.1 Å². The Morgan fingerprint density at radius 1 is 1.15 bits per heavy atom. The molecule has 0 aliphatic rings. The van der Waals surface area contributed by atoms with Crippen LogP contribution in [-0.2, 0) is 4.79 Å². The number of likely N-dealkylation sites (N-methyl/N-ethyl adjacent to an activating group) is 1. The van der Waals surface area contributed by atoms with Gasteiger partial charge in [0, 0.05) is 6.54 Å². The van der Waals surface area contributed by atoms with E-state index >= 15 is 0 Å². The molecule has 2 aromatic carbocycles. The van der Waals surface area contributed by atoms with E-state index in [4.69, 9.17) is 4.74 Å². The summed E-state index contributed by atoms with van der Waals surface area (Å²) >= 11 is 0. The van der Waals surface area contributed by atoms with Crippen LogP contribution in [0.2, 0.25) is 0 Å². The third kappa shape index (κ3) is 7.22. The van der Waals surface area contributed by atoms with Gasteiger partial charge in [-0.3, -0.25) is 9.69 Å². The second-order valence-electron chi connectivity index (χ2n) is 6.33. The molecule has 27 heavy (non-hydrogen) atoms. The number of ether oxygens (including phenoxy) is 2. The Morgan fingerprint density at radius 3 is 2.48 bits per heavy atom. The molecule has 0 saturated heterocycles. The fraction of sp³-hybridized carbons (Fsp3) is 0.350. The van der Waals surface area contributed by atoms with E-state index in [-0.39, 0.29) is 23.9 Å². The number of carbonyl (C=O) groups is 1. The molecule has 0 aliphatic carbocycles. The summed E-state index contributed by atoms with van der Waals surface area (Å²) in [6.07, 6.45) is 0. The molecule has 0 aliphatic heterocycles. The van der Waals surface area contributed by atoms with E-state index < -0.39 is 6.61 Å². The highest BCUT2D eigenvalue weighted by Gasteiger charge is 2.13. The molecule has 0 saturated carbocycles. The summed E-state index contributed by atoms with van der Waals surface area (Å²) in [5.74, 6) is 0.402. The number of hydrogen-bond donors (Lipinski definition) is 1. The highest BCUT2D eigenvalue weighted by Crippen LogP contribution is 2.25. The lowest BCUT2D eigenvalue weighted by atomic mass is 10.1. The summed E-state index contributed by atoms with van der Waals surface area (Å²) in [7, 11) is 1.78. The molecule has 1 amide bonds. The average Bonchev–Trinajstić information content (AvgIpc) is 2.55. The van der Waals surface area contributed by atoms with Crippen LogP contribution in [0.4, 0.5) is 14.5 Å². The molecule has 0 atom stereocenters. The van der Waals surface area contributed by atoms with Crippen LogP contribution in [0, 0.1) is 13.8 Å². The minimum absolute atomic E-state index is 0.0679. The monoisotopic (exact) mass is 378 g/mol. The Morgan fingerprint density at radius 2 is 1.81 bits per heavy atom. The summed E-state index contributed by atoms with van der Waals surface area (Å²) < 4.78 is 35.0. The predicted octanol–water partition coefficient (Wildman–Crippen LogP) is 3.85. The first kappa shape index (κ1) is 20.6. The van der Waals surface area contributed by atoms with Crippen LogP contribution < -0.4 is 14.8 Å². The van der Waals surface area contributed by atoms with Crippen molar-refractivity contribution in [2.75, 3.05) is 32.1 Å². The van der Waals surface area contributed by atoms with Gasteiger partial charge in [0.25, 0.3) is 0 Å². The van der Waals surface area contributed by atoms with Crippen LogP contribution in [0.5, 0.6) is 11.5 Å². The maximum Gasteiger partial charge on any atom is 0.387 e. The van der Waals surface area contributed by atoms with Crippen molar-refractivity contribution in [3.05, 3.63) is 53.6 Å². The number of amides is 1. The number of hydrogen-bond acceptors (Lipinski definition) is 4. The molecule has 2 rings (SSSR count). The van der Waals surface area contributed by atoms with Gasteiger partial charge in [0.2, 0.25) is 5.91 Å². The molecule has 0 radical (unpaired) electrons. The lowest BCUT2D eigenvalue weighted by Crippen LogP contribution is -2.33. The van der Waals surface area contributed by atoms with Gasteiger partial charge >= 0.3 is 6.61 Å². The molecule has 0 fully saturated rings.